The minimum atomic E-state index is -0.401. The number of para-hydroxylation sites is 2. The fraction of sp³-hybridized carbons (Fsp3) is 0.0233. The zero-order valence-corrected chi connectivity index (χ0v) is 25.4. The average Bonchev–Trinajstić information content (AvgIpc) is 3.64. The monoisotopic (exact) mass is 591 g/mol. The first-order valence-corrected chi connectivity index (χ1v) is 16.3. The molecule has 45 heavy (non-hydrogen) atoms. The molecule has 0 fully saturated rings. The molecule has 8 aromatic rings. The van der Waals surface area contributed by atoms with Crippen molar-refractivity contribution in [2.75, 3.05) is 4.90 Å². The Bertz CT molecular complexity index is 2240. The van der Waals surface area contributed by atoms with Crippen molar-refractivity contribution in [3.8, 4) is 11.1 Å². The summed E-state index contributed by atoms with van der Waals surface area (Å²) in [6.45, 7) is 0. The van der Waals surface area contributed by atoms with Crippen molar-refractivity contribution >= 4 is 48.6 Å². The first kappa shape index (κ1) is 26.0. The highest BCUT2D eigenvalue weighted by Gasteiger charge is 2.45. The fourth-order valence-corrected chi connectivity index (χ4v) is 8.73. The van der Waals surface area contributed by atoms with Crippen molar-refractivity contribution < 1.29 is 0 Å². The fourth-order valence-electron chi connectivity index (χ4n) is 7.49. The number of rotatable bonds is 5. The lowest BCUT2D eigenvalue weighted by atomic mass is 9.67. The Labute approximate surface area is 267 Å². The van der Waals surface area contributed by atoms with Gasteiger partial charge in [0.05, 0.1) is 15.8 Å². The van der Waals surface area contributed by atoms with Crippen LogP contribution in [0.4, 0.5) is 17.1 Å². The lowest BCUT2D eigenvalue weighted by Crippen LogP contribution is -2.28. The van der Waals surface area contributed by atoms with E-state index in [2.05, 4.69) is 181 Å². The van der Waals surface area contributed by atoms with Gasteiger partial charge < -0.3 is 4.90 Å². The van der Waals surface area contributed by atoms with Crippen molar-refractivity contribution in [3.05, 3.63) is 198 Å². The van der Waals surface area contributed by atoms with Crippen molar-refractivity contribution in [1.29, 1.82) is 0 Å². The van der Waals surface area contributed by atoms with E-state index < -0.39 is 5.41 Å². The lowest BCUT2D eigenvalue weighted by molar-refractivity contribution is 0.770. The van der Waals surface area contributed by atoms with Gasteiger partial charge in [0.1, 0.15) is 0 Å². The molecule has 1 heterocycles. The molecule has 7 aromatic carbocycles. The molecule has 1 aromatic heterocycles. The molecule has 9 rings (SSSR count). The maximum Gasteiger partial charge on any atom is 0.0714 e. The zero-order valence-electron chi connectivity index (χ0n) is 24.6. The van der Waals surface area contributed by atoms with Gasteiger partial charge in [-0.15, -0.1) is 11.3 Å². The highest BCUT2D eigenvalue weighted by Crippen LogP contribution is 2.56. The quantitative estimate of drug-likeness (QED) is 0.192. The maximum absolute atomic E-state index is 2.46. The Morgan fingerprint density at radius 1 is 0.422 bits per heavy atom. The van der Waals surface area contributed by atoms with E-state index in [1.165, 1.54) is 59.2 Å². The van der Waals surface area contributed by atoms with Gasteiger partial charge in [0.2, 0.25) is 0 Å². The van der Waals surface area contributed by atoms with Crippen molar-refractivity contribution in [2.24, 2.45) is 0 Å². The van der Waals surface area contributed by atoms with Gasteiger partial charge in [-0.3, -0.25) is 0 Å². The van der Waals surface area contributed by atoms with Gasteiger partial charge in [-0.05, 0) is 69.8 Å². The smallest absolute Gasteiger partial charge is 0.0714 e. The lowest BCUT2D eigenvalue weighted by Gasteiger charge is -2.33. The van der Waals surface area contributed by atoms with Gasteiger partial charge in [-0.1, -0.05) is 140 Å². The third-order valence-electron chi connectivity index (χ3n) is 9.34. The van der Waals surface area contributed by atoms with E-state index in [1.807, 2.05) is 11.3 Å². The highest BCUT2D eigenvalue weighted by atomic mass is 32.1. The van der Waals surface area contributed by atoms with Crippen molar-refractivity contribution in [1.82, 2.24) is 0 Å². The van der Waals surface area contributed by atoms with Gasteiger partial charge in [0.15, 0.2) is 0 Å². The summed E-state index contributed by atoms with van der Waals surface area (Å²) < 4.78 is 2.59. The Hall–Kier alpha value is -5.44. The van der Waals surface area contributed by atoms with E-state index in [1.54, 1.807) is 0 Å². The Balaban J connectivity index is 1.31. The molecule has 0 aliphatic heterocycles. The summed E-state index contributed by atoms with van der Waals surface area (Å²) in [5.41, 5.74) is 11.0. The minimum Gasteiger partial charge on any atom is -0.309 e. The van der Waals surface area contributed by atoms with Crippen LogP contribution in [0.15, 0.2) is 176 Å². The van der Waals surface area contributed by atoms with Crippen LogP contribution in [0.2, 0.25) is 0 Å². The molecule has 0 unspecified atom stereocenters. The van der Waals surface area contributed by atoms with Crippen LogP contribution in [0.5, 0.6) is 0 Å². The minimum absolute atomic E-state index is 0.401. The average molecular weight is 592 g/mol. The van der Waals surface area contributed by atoms with Crippen LogP contribution in [0.1, 0.15) is 22.3 Å². The van der Waals surface area contributed by atoms with Gasteiger partial charge in [-0.2, -0.15) is 0 Å². The van der Waals surface area contributed by atoms with Gasteiger partial charge >= 0.3 is 0 Å². The zero-order chi connectivity index (χ0) is 29.8. The molecule has 2 heteroatoms. The van der Waals surface area contributed by atoms with Gasteiger partial charge in [0.25, 0.3) is 0 Å². The van der Waals surface area contributed by atoms with Crippen LogP contribution in [0, 0.1) is 0 Å². The van der Waals surface area contributed by atoms with E-state index in [-0.39, 0.29) is 0 Å². The summed E-state index contributed by atoms with van der Waals surface area (Å²) in [6.07, 6.45) is 0. The predicted octanol–water partition coefficient (Wildman–Crippen LogP) is 11.9. The second kappa shape index (κ2) is 10.3. The highest BCUT2D eigenvalue weighted by molar-refractivity contribution is 7.26. The number of hydrogen-bond acceptors (Lipinski definition) is 2. The van der Waals surface area contributed by atoms with Crippen LogP contribution in [-0.2, 0) is 5.41 Å². The van der Waals surface area contributed by atoms with E-state index in [4.69, 9.17) is 0 Å². The summed E-state index contributed by atoms with van der Waals surface area (Å²) in [4.78, 5) is 2.38. The predicted molar refractivity (Wildman–Crippen MR) is 191 cm³/mol. The summed E-state index contributed by atoms with van der Waals surface area (Å²) in [5.74, 6) is 0. The Kier molecular flexibility index (Phi) is 5.97. The molecule has 1 nitrogen and oxygen atoms in total. The van der Waals surface area contributed by atoms with Crippen molar-refractivity contribution in [3.63, 3.8) is 0 Å². The first-order valence-electron chi connectivity index (χ1n) is 15.4. The summed E-state index contributed by atoms with van der Waals surface area (Å²) >= 11 is 1.89. The number of hydrogen-bond donors (Lipinski definition) is 0. The van der Waals surface area contributed by atoms with Crippen molar-refractivity contribution in [2.45, 2.75) is 5.41 Å². The Morgan fingerprint density at radius 3 is 1.60 bits per heavy atom. The van der Waals surface area contributed by atoms with Crippen LogP contribution in [0.25, 0.3) is 31.3 Å². The molecule has 0 atom stereocenters. The summed E-state index contributed by atoms with van der Waals surface area (Å²) in [5, 5.41) is 2.58. The third kappa shape index (κ3) is 3.86. The van der Waals surface area contributed by atoms with Crippen LogP contribution in [-0.4, -0.2) is 0 Å². The second-order valence-corrected chi connectivity index (χ2v) is 12.7. The molecule has 212 valence electrons. The van der Waals surface area contributed by atoms with E-state index in [9.17, 15) is 0 Å². The molecule has 0 saturated heterocycles. The third-order valence-corrected chi connectivity index (χ3v) is 10.5. The van der Waals surface area contributed by atoms with Crippen LogP contribution >= 0.6 is 11.3 Å². The largest absolute Gasteiger partial charge is 0.309 e. The van der Waals surface area contributed by atoms with Crippen LogP contribution < -0.4 is 4.90 Å². The Morgan fingerprint density at radius 2 is 0.978 bits per heavy atom. The molecular weight excluding hydrogens is 563 g/mol. The van der Waals surface area contributed by atoms with Gasteiger partial charge in [-0.25, -0.2) is 0 Å². The standard InChI is InChI=1S/C43H29NS/c1-4-15-30(16-5-1)43(38-24-12-10-21-34(38)35-22-11-13-25-39(35)43)31-27-28-36-37-23-14-26-40(42(37)45-41(36)29-31)44(32-17-6-2-7-18-32)33-19-8-3-9-20-33/h1-29H. The summed E-state index contributed by atoms with van der Waals surface area (Å²) in [6, 6.07) is 64.3. The van der Waals surface area contributed by atoms with E-state index in [0.717, 1.165) is 11.4 Å². The van der Waals surface area contributed by atoms with Crippen LogP contribution in [0.3, 0.4) is 0 Å². The number of benzene rings is 7. The molecular formula is C43H29NS. The number of fused-ring (bicyclic) bond motifs is 6. The molecule has 0 amide bonds. The molecule has 1 aliphatic carbocycles. The number of nitrogens with zero attached hydrogens (tertiary/aromatic N) is 1. The van der Waals surface area contributed by atoms with E-state index >= 15 is 0 Å². The molecule has 0 bridgehead atoms. The normalized spacial score (nSPS) is 13.1. The molecule has 1 aliphatic rings. The molecule has 0 saturated carbocycles. The maximum atomic E-state index is 2.46. The molecule has 0 spiro atoms. The van der Waals surface area contributed by atoms with Gasteiger partial charge in [0, 0.05) is 26.8 Å². The number of anilines is 3. The summed E-state index contributed by atoms with van der Waals surface area (Å²) in [7, 11) is 0. The second-order valence-electron chi connectivity index (χ2n) is 11.7. The SMILES string of the molecule is c1ccc(N(c2ccccc2)c2cccc3c2sc2cc(C4(c5ccccc5)c5ccccc5-c5ccccc54)ccc23)cc1. The van der Waals surface area contributed by atoms with E-state index in [0.29, 0.717) is 0 Å². The topological polar surface area (TPSA) is 3.24 Å². The first-order chi connectivity index (χ1) is 22.3. The number of thiophene rings is 1. The molecule has 0 radical (unpaired) electrons. The molecule has 0 N–H and O–H groups in total.